The Morgan fingerprint density at radius 1 is 1.11 bits per heavy atom. The minimum atomic E-state index is -0.110. The molecule has 148 valence electrons. The Morgan fingerprint density at radius 3 is 2.44 bits per heavy atom. The van der Waals surface area contributed by atoms with Gasteiger partial charge in [-0.3, -0.25) is 4.79 Å². The number of anilines is 2. The summed E-state index contributed by atoms with van der Waals surface area (Å²) in [7, 11) is 0. The van der Waals surface area contributed by atoms with E-state index in [-0.39, 0.29) is 30.7 Å². The number of hydrogen-bond donors (Lipinski definition) is 2. The second-order valence-corrected chi connectivity index (χ2v) is 6.68. The average Bonchev–Trinajstić information content (AvgIpc) is 2.91. The monoisotopic (exact) mass is 410 g/mol. The third-order valence-electron chi connectivity index (χ3n) is 4.70. The van der Waals surface area contributed by atoms with Crippen molar-refractivity contribution in [3.05, 3.63) is 53.2 Å². The lowest BCUT2D eigenvalue weighted by Gasteiger charge is -2.21. The maximum absolute atomic E-state index is 12.3. The number of aromatic nitrogens is 1. The molecule has 0 atom stereocenters. The predicted molar refractivity (Wildman–Crippen MR) is 116 cm³/mol. The average molecular weight is 411 g/mol. The third-order valence-corrected chi connectivity index (χ3v) is 4.70. The van der Waals surface area contributed by atoms with E-state index < -0.39 is 0 Å². The molecule has 0 unspecified atom stereocenters. The van der Waals surface area contributed by atoms with Gasteiger partial charge in [0.1, 0.15) is 5.82 Å². The molecule has 0 bridgehead atoms. The van der Waals surface area contributed by atoms with Crippen molar-refractivity contribution >= 4 is 42.2 Å². The second-order valence-electron chi connectivity index (χ2n) is 6.68. The Bertz CT molecular complexity index is 729. The van der Waals surface area contributed by atoms with Gasteiger partial charge < -0.3 is 16.0 Å². The molecule has 0 saturated carbocycles. The zero-order valence-electron chi connectivity index (χ0n) is 15.6. The van der Waals surface area contributed by atoms with Gasteiger partial charge in [0.15, 0.2) is 0 Å². The van der Waals surface area contributed by atoms with Crippen LogP contribution >= 0.6 is 24.8 Å². The Labute approximate surface area is 173 Å². The summed E-state index contributed by atoms with van der Waals surface area (Å²) in [6.07, 6.45) is 6.94. The quantitative estimate of drug-likeness (QED) is 0.743. The van der Waals surface area contributed by atoms with E-state index in [0.717, 1.165) is 30.0 Å². The lowest BCUT2D eigenvalue weighted by molar-refractivity contribution is 0.0950. The molecule has 1 aliphatic heterocycles. The highest BCUT2D eigenvalue weighted by atomic mass is 35.5. The molecule has 0 aliphatic carbocycles. The minimum absolute atomic E-state index is 0. The number of nitrogens with two attached hydrogens (primary N) is 1. The van der Waals surface area contributed by atoms with Gasteiger partial charge in [0.25, 0.3) is 5.91 Å². The van der Waals surface area contributed by atoms with Gasteiger partial charge in [0, 0.05) is 37.1 Å². The van der Waals surface area contributed by atoms with Crippen LogP contribution in [0.15, 0.2) is 36.5 Å². The summed E-state index contributed by atoms with van der Waals surface area (Å²) in [5.41, 5.74) is 8.90. The summed E-state index contributed by atoms with van der Waals surface area (Å²) in [5.74, 6) is 0.921. The fourth-order valence-electron chi connectivity index (χ4n) is 3.17. The summed E-state index contributed by atoms with van der Waals surface area (Å²) >= 11 is 0. The molecule has 1 aromatic carbocycles. The van der Waals surface area contributed by atoms with Crippen molar-refractivity contribution in [1.29, 1.82) is 0 Å². The largest absolute Gasteiger partial charge is 0.399 e. The summed E-state index contributed by atoms with van der Waals surface area (Å²) in [5, 5.41) is 2.94. The molecule has 1 fully saturated rings. The molecule has 27 heavy (non-hydrogen) atoms. The number of carbonyl (C=O) groups excluding carboxylic acids is 1. The molecule has 1 amide bonds. The van der Waals surface area contributed by atoms with Gasteiger partial charge in [-0.25, -0.2) is 4.98 Å². The minimum Gasteiger partial charge on any atom is -0.399 e. The number of hydrogen-bond acceptors (Lipinski definition) is 4. The number of halogens is 2. The number of nitrogens with zero attached hydrogens (tertiary/aromatic N) is 2. The molecule has 1 aromatic heterocycles. The fraction of sp³-hybridized carbons (Fsp3) is 0.400. The molecule has 1 aliphatic rings. The Balaban J connectivity index is 0.00000182. The molecule has 5 nitrogen and oxygen atoms in total. The number of benzene rings is 1. The van der Waals surface area contributed by atoms with Crippen LogP contribution in [-0.4, -0.2) is 24.0 Å². The van der Waals surface area contributed by atoms with Gasteiger partial charge in [-0.05, 0) is 49.1 Å². The smallest absolute Gasteiger partial charge is 0.251 e. The van der Waals surface area contributed by atoms with Crippen LogP contribution in [0.25, 0.3) is 0 Å². The molecule has 3 N–H and O–H groups in total. The van der Waals surface area contributed by atoms with Crippen LogP contribution in [0.2, 0.25) is 0 Å². The number of nitrogens with one attached hydrogen (secondary N) is 1. The van der Waals surface area contributed by atoms with Crippen molar-refractivity contribution in [2.75, 3.05) is 23.7 Å². The first kappa shape index (κ1) is 23.1. The van der Waals surface area contributed by atoms with Crippen LogP contribution in [0.1, 0.15) is 47.2 Å². The number of aryl methyl sites for hydroxylation is 1. The first-order valence-electron chi connectivity index (χ1n) is 8.98. The van der Waals surface area contributed by atoms with Gasteiger partial charge in [-0.1, -0.05) is 25.0 Å². The van der Waals surface area contributed by atoms with Crippen LogP contribution in [-0.2, 0) is 6.54 Å². The maximum atomic E-state index is 12.3. The van der Waals surface area contributed by atoms with E-state index in [2.05, 4.69) is 21.3 Å². The van der Waals surface area contributed by atoms with Gasteiger partial charge in [-0.2, -0.15) is 0 Å². The summed E-state index contributed by atoms with van der Waals surface area (Å²) < 4.78 is 0. The molecular formula is C20H28Cl2N4O. The zero-order chi connectivity index (χ0) is 17.6. The van der Waals surface area contributed by atoms with E-state index in [9.17, 15) is 4.79 Å². The summed E-state index contributed by atoms with van der Waals surface area (Å²) in [6, 6.07) is 9.48. The van der Waals surface area contributed by atoms with Crippen LogP contribution in [0.5, 0.6) is 0 Å². The Morgan fingerprint density at radius 2 is 1.81 bits per heavy atom. The van der Waals surface area contributed by atoms with Gasteiger partial charge in [0.05, 0.1) is 0 Å². The standard InChI is InChI=1S/C20H26N4O.2ClH/c1-15-6-8-17(21)12-18(15)20(25)23-14-16-7-9-19(22-13-16)24-10-4-2-3-5-11-24;;/h6-9,12-13H,2-5,10-11,14,21H2,1H3,(H,23,25);2*1H. The summed E-state index contributed by atoms with van der Waals surface area (Å²) in [6.45, 7) is 4.53. The fourth-order valence-corrected chi connectivity index (χ4v) is 3.17. The molecule has 7 heteroatoms. The normalized spacial score (nSPS) is 13.7. The lowest BCUT2D eigenvalue weighted by Crippen LogP contribution is -2.25. The van der Waals surface area contributed by atoms with Crippen molar-refractivity contribution in [3.63, 3.8) is 0 Å². The van der Waals surface area contributed by atoms with Crippen molar-refractivity contribution in [1.82, 2.24) is 10.3 Å². The highest BCUT2D eigenvalue weighted by Gasteiger charge is 2.12. The number of rotatable bonds is 4. The second kappa shape index (κ2) is 11.0. The number of amides is 1. The van der Waals surface area contributed by atoms with Crippen molar-refractivity contribution in [2.45, 2.75) is 39.2 Å². The SMILES string of the molecule is Cc1ccc(N)cc1C(=O)NCc1ccc(N2CCCCCC2)nc1.Cl.Cl. The topological polar surface area (TPSA) is 71.2 Å². The van der Waals surface area contributed by atoms with E-state index in [0.29, 0.717) is 17.8 Å². The van der Waals surface area contributed by atoms with Crippen molar-refractivity contribution < 1.29 is 4.79 Å². The highest BCUT2D eigenvalue weighted by Crippen LogP contribution is 2.17. The van der Waals surface area contributed by atoms with E-state index in [4.69, 9.17) is 5.73 Å². The van der Waals surface area contributed by atoms with Gasteiger partial charge in [0.2, 0.25) is 0 Å². The van der Waals surface area contributed by atoms with E-state index in [1.54, 1.807) is 12.1 Å². The first-order valence-corrected chi connectivity index (χ1v) is 8.98. The third kappa shape index (κ3) is 6.29. The molecule has 1 saturated heterocycles. The molecule has 0 spiro atoms. The first-order chi connectivity index (χ1) is 12.1. The molecule has 3 rings (SSSR count). The molecule has 2 heterocycles. The van der Waals surface area contributed by atoms with E-state index >= 15 is 0 Å². The van der Waals surface area contributed by atoms with Crippen LogP contribution in [0, 0.1) is 6.92 Å². The number of pyridine rings is 1. The molecule has 2 aromatic rings. The van der Waals surface area contributed by atoms with E-state index in [1.165, 1.54) is 25.7 Å². The summed E-state index contributed by atoms with van der Waals surface area (Å²) in [4.78, 5) is 19.3. The van der Waals surface area contributed by atoms with Crippen molar-refractivity contribution in [3.8, 4) is 0 Å². The van der Waals surface area contributed by atoms with Gasteiger partial charge >= 0.3 is 0 Å². The van der Waals surface area contributed by atoms with Crippen LogP contribution < -0.4 is 16.0 Å². The van der Waals surface area contributed by atoms with Crippen LogP contribution in [0.4, 0.5) is 11.5 Å². The van der Waals surface area contributed by atoms with Crippen molar-refractivity contribution in [2.24, 2.45) is 0 Å². The number of nitrogen functional groups attached to an aromatic ring is 1. The zero-order valence-corrected chi connectivity index (χ0v) is 17.2. The number of carbonyl (C=O) groups is 1. The Kier molecular flexibility index (Phi) is 9.39. The van der Waals surface area contributed by atoms with E-state index in [1.807, 2.05) is 25.3 Å². The molecular weight excluding hydrogens is 383 g/mol. The highest BCUT2D eigenvalue weighted by molar-refractivity contribution is 5.96. The maximum Gasteiger partial charge on any atom is 0.251 e. The molecule has 0 radical (unpaired) electrons. The lowest BCUT2D eigenvalue weighted by atomic mass is 10.1. The Hall–Kier alpha value is -1.98. The van der Waals surface area contributed by atoms with Gasteiger partial charge in [-0.15, -0.1) is 24.8 Å². The predicted octanol–water partition coefficient (Wildman–Crippen LogP) is 4.13. The van der Waals surface area contributed by atoms with Crippen LogP contribution in [0.3, 0.4) is 0 Å².